The molecule has 2 heterocycles. The van der Waals surface area contributed by atoms with Crippen LogP contribution in [0, 0.1) is 0 Å². The number of benzene rings is 1. The smallest absolute Gasteiger partial charge is 0.298 e. The minimum Gasteiger partial charge on any atom is -0.367 e. The van der Waals surface area contributed by atoms with E-state index in [-0.39, 0.29) is 5.69 Å². The number of nitrogens with zero attached hydrogens (tertiary/aromatic N) is 2. The zero-order valence-corrected chi connectivity index (χ0v) is 12.5. The second-order valence-electron chi connectivity index (χ2n) is 5.59. The van der Waals surface area contributed by atoms with Gasteiger partial charge in [0.05, 0.1) is 13.2 Å². The maximum atomic E-state index is 12.6. The van der Waals surface area contributed by atoms with Crippen LogP contribution in [-0.2, 0) is 10.3 Å². The summed E-state index contributed by atoms with van der Waals surface area (Å²) in [6, 6.07) is 10.6. The van der Waals surface area contributed by atoms with Crippen molar-refractivity contribution in [1.29, 1.82) is 0 Å². The quantitative estimate of drug-likeness (QED) is 0.872. The summed E-state index contributed by atoms with van der Waals surface area (Å²) >= 11 is 0. The summed E-state index contributed by atoms with van der Waals surface area (Å²) in [7, 11) is 0. The molecule has 1 unspecified atom stereocenters. The van der Waals surface area contributed by atoms with Crippen molar-refractivity contribution in [3.8, 4) is 0 Å². The number of aromatic nitrogens is 1. The monoisotopic (exact) mass is 322 g/mol. The van der Waals surface area contributed by atoms with Crippen LogP contribution in [0.5, 0.6) is 0 Å². The molecule has 1 aliphatic rings. The highest BCUT2D eigenvalue weighted by Crippen LogP contribution is 2.30. The maximum absolute atomic E-state index is 12.6. The van der Waals surface area contributed by atoms with Gasteiger partial charge < -0.3 is 14.2 Å². The third-order valence-corrected chi connectivity index (χ3v) is 3.91. The first-order valence-electron chi connectivity index (χ1n) is 7.23. The van der Waals surface area contributed by atoms with E-state index < -0.39 is 23.7 Å². The maximum Gasteiger partial charge on any atom is 0.298 e. The summed E-state index contributed by atoms with van der Waals surface area (Å²) in [5.74, 6) is -1.04. The van der Waals surface area contributed by atoms with E-state index in [1.165, 1.54) is 0 Å². The van der Waals surface area contributed by atoms with Crippen LogP contribution in [0.1, 0.15) is 35.2 Å². The molecule has 0 saturated carbocycles. The lowest BCUT2D eigenvalue weighted by molar-refractivity contribution is -0.0932. The Balaban J connectivity index is 1.79. The van der Waals surface area contributed by atoms with E-state index in [1.54, 1.807) is 4.90 Å². The molecule has 122 valence electrons. The lowest BCUT2D eigenvalue weighted by Crippen LogP contribution is -2.50. The average Bonchev–Trinajstić information content (AvgIpc) is 3.05. The molecule has 2 aromatic rings. The minimum atomic E-state index is -2.79. The van der Waals surface area contributed by atoms with Crippen LogP contribution in [0.2, 0.25) is 0 Å². The number of hydrogen-bond acceptors (Lipinski definition) is 4. The van der Waals surface area contributed by atoms with Gasteiger partial charge in [-0.3, -0.25) is 4.79 Å². The van der Waals surface area contributed by atoms with E-state index in [4.69, 9.17) is 4.74 Å². The van der Waals surface area contributed by atoms with Crippen molar-refractivity contribution >= 4 is 5.91 Å². The molecule has 1 fully saturated rings. The predicted molar refractivity (Wildman–Crippen MR) is 77.1 cm³/mol. The SMILES string of the molecule is CC1(c2ccccc2)CN(C(=O)c2cc(C(F)F)on2)CCO1. The van der Waals surface area contributed by atoms with Gasteiger partial charge in [0, 0.05) is 12.6 Å². The van der Waals surface area contributed by atoms with Gasteiger partial charge in [0.1, 0.15) is 5.60 Å². The first-order chi connectivity index (χ1) is 11.0. The van der Waals surface area contributed by atoms with Crippen LogP contribution >= 0.6 is 0 Å². The number of amides is 1. The molecule has 0 bridgehead atoms. The number of halogens is 2. The van der Waals surface area contributed by atoms with Crippen LogP contribution in [0.4, 0.5) is 8.78 Å². The Morgan fingerprint density at radius 1 is 1.35 bits per heavy atom. The van der Waals surface area contributed by atoms with Gasteiger partial charge in [-0.2, -0.15) is 0 Å². The molecule has 0 aliphatic carbocycles. The van der Waals surface area contributed by atoms with E-state index >= 15 is 0 Å². The fourth-order valence-corrected chi connectivity index (χ4v) is 2.66. The van der Waals surface area contributed by atoms with Gasteiger partial charge in [0.15, 0.2) is 5.69 Å². The van der Waals surface area contributed by atoms with Crippen LogP contribution in [0.25, 0.3) is 0 Å². The molecule has 7 heteroatoms. The van der Waals surface area contributed by atoms with Gasteiger partial charge in [-0.15, -0.1) is 0 Å². The Kier molecular flexibility index (Phi) is 4.12. The van der Waals surface area contributed by atoms with Crippen molar-refractivity contribution in [2.45, 2.75) is 19.0 Å². The standard InChI is InChI=1S/C16H16F2N2O3/c1-16(11-5-3-2-4-6-11)10-20(7-8-22-16)15(21)12-9-13(14(17)18)23-19-12/h2-6,9,14H,7-8,10H2,1H3. The third kappa shape index (κ3) is 3.10. The lowest BCUT2D eigenvalue weighted by atomic mass is 9.94. The lowest BCUT2D eigenvalue weighted by Gasteiger charge is -2.40. The molecule has 23 heavy (non-hydrogen) atoms. The summed E-state index contributed by atoms with van der Waals surface area (Å²) in [6.07, 6.45) is -2.79. The first kappa shape index (κ1) is 15.6. The van der Waals surface area contributed by atoms with E-state index in [2.05, 4.69) is 9.68 Å². The Labute approximate surface area is 131 Å². The van der Waals surface area contributed by atoms with Crippen molar-refractivity contribution < 1.29 is 22.8 Å². The predicted octanol–water partition coefficient (Wildman–Crippen LogP) is 3.00. The highest BCUT2D eigenvalue weighted by molar-refractivity contribution is 5.92. The molecule has 5 nitrogen and oxygen atoms in total. The first-order valence-corrected chi connectivity index (χ1v) is 7.23. The molecule has 1 atom stereocenters. The molecule has 0 radical (unpaired) electrons. The zero-order valence-electron chi connectivity index (χ0n) is 12.5. The van der Waals surface area contributed by atoms with Crippen molar-refractivity contribution in [3.63, 3.8) is 0 Å². The molecule has 3 rings (SSSR count). The number of alkyl halides is 2. The van der Waals surface area contributed by atoms with Gasteiger partial charge in [-0.25, -0.2) is 8.78 Å². The summed E-state index contributed by atoms with van der Waals surface area (Å²) in [5, 5.41) is 3.45. The van der Waals surface area contributed by atoms with Gasteiger partial charge in [-0.05, 0) is 12.5 Å². The Morgan fingerprint density at radius 2 is 2.09 bits per heavy atom. The summed E-state index contributed by atoms with van der Waals surface area (Å²) in [4.78, 5) is 14.0. The summed E-state index contributed by atoms with van der Waals surface area (Å²) < 4.78 is 35.5. The highest BCUT2D eigenvalue weighted by atomic mass is 19.3. The molecular formula is C16H16F2N2O3. The number of carbonyl (C=O) groups excluding carboxylic acids is 1. The molecule has 0 N–H and O–H groups in total. The van der Waals surface area contributed by atoms with Crippen LogP contribution in [0.15, 0.2) is 40.9 Å². The summed E-state index contributed by atoms with van der Waals surface area (Å²) in [5.41, 5.74) is 0.188. The minimum absolute atomic E-state index is 0.113. The molecule has 1 aliphatic heterocycles. The molecule has 1 aromatic heterocycles. The average molecular weight is 322 g/mol. The van der Waals surface area contributed by atoms with Gasteiger partial charge in [-0.1, -0.05) is 35.5 Å². The van der Waals surface area contributed by atoms with Crippen LogP contribution < -0.4 is 0 Å². The second kappa shape index (κ2) is 6.08. The highest BCUT2D eigenvalue weighted by Gasteiger charge is 2.36. The molecule has 1 amide bonds. The van der Waals surface area contributed by atoms with Gasteiger partial charge in [0.2, 0.25) is 5.76 Å². The largest absolute Gasteiger partial charge is 0.367 e. The molecule has 1 saturated heterocycles. The van der Waals surface area contributed by atoms with E-state index in [0.717, 1.165) is 11.6 Å². The topological polar surface area (TPSA) is 55.6 Å². The van der Waals surface area contributed by atoms with E-state index in [1.807, 2.05) is 37.3 Å². The van der Waals surface area contributed by atoms with E-state index in [0.29, 0.717) is 19.7 Å². The zero-order chi connectivity index (χ0) is 16.4. The number of morpholine rings is 1. The molecule has 0 spiro atoms. The molecular weight excluding hydrogens is 306 g/mol. The van der Waals surface area contributed by atoms with Crippen molar-refractivity contribution in [1.82, 2.24) is 10.1 Å². The third-order valence-electron chi connectivity index (χ3n) is 3.91. The molecule has 1 aromatic carbocycles. The van der Waals surface area contributed by atoms with Crippen molar-refractivity contribution in [3.05, 3.63) is 53.4 Å². The number of hydrogen-bond donors (Lipinski definition) is 0. The summed E-state index contributed by atoms with van der Waals surface area (Å²) in [6.45, 7) is 2.94. The van der Waals surface area contributed by atoms with Crippen LogP contribution in [0.3, 0.4) is 0 Å². The number of rotatable bonds is 3. The fraction of sp³-hybridized carbons (Fsp3) is 0.375. The second-order valence-corrected chi connectivity index (χ2v) is 5.59. The Bertz CT molecular complexity index is 690. The number of ether oxygens (including phenoxy) is 1. The number of carbonyl (C=O) groups is 1. The Hall–Kier alpha value is -2.28. The van der Waals surface area contributed by atoms with Gasteiger partial charge in [0.25, 0.3) is 12.3 Å². The van der Waals surface area contributed by atoms with Crippen LogP contribution in [-0.4, -0.2) is 35.7 Å². The van der Waals surface area contributed by atoms with Crippen molar-refractivity contribution in [2.75, 3.05) is 19.7 Å². The Morgan fingerprint density at radius 3 is 2.74 bits per heavy atom. The van der Waals surface area contributed by atoms with E-state index in [9.17, 15) is 13.6 Å². The normalized spacial score (nSPS) is 21.7. The van der Waals surface area contributed by atoms with Crippen molar-refractivity contribution in [2.24, 2.45) is 0 Å². The van der Waals surface area contributed by atoms with Gasteiger partial charge >= 0.3 is 0 Å². The fourth-order valence-electron chi connectivity index (χ4n) is 2.66.